The van der Waals surface area contributed by atoms with Crippen molar-refractivity contribution in [2.24, 2.45) is 5.92 Å². The lowest BCUT2D eigenvalue weighted by Crippen LogP contribution is -2.39. The van der Waals surface area contributed by atoms with Crippen molar-refractivity contribution in [2.45, 2.75) is 12.8 Å². The van der Waals surface area contributed by atoms with Crippen LogP contribution in [0.5, 0.6) is 11.5 Å². The Morgan fingerprint density at radius 2 is 1.71 bits per heavy atom. The number of rotatable bonds is 9. The summed E-state index contributed by atoms with van der Waals surface area (Å²) in [7, 11) is 3.32. The Bertz CT molecular complexity index is 500. The minimum absolute atomic E-state index is 0.0594. The molecule has 0 amide bonds. The highest BCUT2D eigenvalue weighted by Gasteiger charge is 2.27. The van der Waals surface area contributed by atoms with E-state index < -0.39 is 0 Å². The summed E-state index contributed by atoms with van der Waals surface area (Å²) in [6, 6.07) is 7.24. The molecular weight excluding hydrogens is 310 g/mol. The van der Waals surface area contributed by atoms with E-state index in [-0.39, 0.29) is 11.9 Å². The number of carbonyl (C=O) groups is 1. The molecule has 1 aromatic carbocycles. The van der Waals surface area contributed by atoms with Gasteiger partial charge in [-0.1, -0.05) is 12.1 Å². The summed E-state index contributed by atoms with van der Waals surface area (Å²) in [6.45, 7) is 4.34. The number of nitrogens with zero attached hydrogens (tertiary/aromatic N) is 1. The van der Waals surface area contributed by atoms with E-state index in [1.54, 1.807) is 26.4 Å². The number of piperidine rings is 1. The molecule has 0 aromatic heterocycles. The molecule has 2 rings (SSSR count). The maximum Gasteiger partial charge on any atom is 0.314 e. The summed E-state index contributed by atoms with van der Waals surface area (Å²) >= 11 is 0. The molecule has 0 unspecified atom stereocenters. The first-order valence-electron chi connectivity index (χ1n) is 8.38. The molecular formula is C18H27NO5. The molecule has 0 bridgehead atoms. The summed E-state index contributed by atoms with van der Waals surface area (Å²) in [5, 5.41) is 0. The van der Waals surface area contributed by atoms with Gasteiger partial charge in [0.15, 0.2) is 11.5 Å². The lowest BCUT2D eigenvalue weighted by atomic mass is 9.97. The molecule has 0 N–H and O–H groups in total. The molecule has 1 fully saturated rings. The Morgan fingerprint density at radius 3 is 2.38 bits per heavy atom. The number of carbonyl (C=O) groups excluding carboxylic acids is 1. The number of hydrogen-bond donors (Lipinski definition) is 0. The van der Waals surface area contributed by atoms with Crippen LogP contribution in [0.3, 0.4) is 0 Å². The zero-order valence-electron chi connectivity index (χ0n) is 14.5. The van der Waals surface area contributed by atoms with Gasteiger partial charge in [0.1, 0.15) is 6.61 Å². The fourth-order valence-electron chi connectivity index (χ4n) is 2.69. The van der Waals surface area contributed by atoms with Crippen molar-refractivity contribution in [3.63, 3.8) is 0 Å². The molecule has 1 aliphatic rings. The second-order valence-corrected chi connectivity index (χ2v) is 5.82. The fourth-order valence-corrected chi connectivity index (χ4v) is 2.69. The zero-order chi connectivity index (χ0) is 17.2. The highest BCUT2D eigenvalue weighted by atomic mass is 16.6. The van der Waals surface area contributed by atoms with Crippen molar-refractivity contribution in [2.75, 3.05) is 53.7 Å². The first kappa shape index (κ1) is 18.7. The zero-order valence-corrected chi connectivity index (χ0v) is 14.5. The second-order valence-electron chi connectivity index (χ2n) is 5.82. The number of methoxy groups -OCH3 is 2. The van der Waals surface area contributed by atoms with E-state index in [2.05, 4.69) is 4.90 Å². The number of ether oxygens (including phenoxy) is 4. The van der Waals surface area contributed by atoms with Gasteiger partial charge < -0.3 is 23.8 Å². The molecule has 1 aliphatic heterocycles. The minimum Gasteiger partial charge on any atom is -0.487 e. The van der Waals surface area contributed by atoms with Crippen molar-refractivity contribution < 1.29 is 23.7 Å². The molecule has 6 nitrogen and oxygen atoms in total. The van der Waals surface area contributed by atoms with E-state index in [0.717, 1.165) is 39.1 Å². The highest BCUT2D eigenvalue weighted by Crippen LogP contribution is 2.28. The molecule has 0 radical (unpaired) electrons. The van der Waals surface area contributed by atoms with Gasteiger partial charge in [0.2, 0.25) is 0 Å². The van der Waals surface area contributed by atoms with Crippen LogP contribution in [0.15, 0.2) is 24.3 Å². The fraction of sp³-hybridized carbons (Fsp3) is 0.611. The number of benzene rings is 1. The maximum absolute atomic E-state index is 12.4. The van der Waals surface area contributed by atoms with Gasteiger partial charge in [0.25, 0.3) is 0 Å². The highest BCUT2D eigenvalue weighted by molar-refractivity contribution is 5.76. The van der Waals surface area contributed by atoms with Crippen molar-refractivity contribution in [1.29, 1.82) is 0 Å². The van der Waals surface area contributed by atoms with Crippen molar-refractivity contribution in [1.82, 2.24) is 4.90 Å². The standard InChI is InChI=1S/C18H27NO5/c1-21-12-11-19-9-7-15(8-10-19)18(20)24-17-6-4-3-5-16(17)23-14-13-22-2/h3-6,15H,7-14H2,1-2H3. The van der Waals surface area contributed by atoms with E-state index in [1.165, 1.54) is 0 Å². The van der Waals surface area contributed by atoms with Gasteiger partial charge in [0, 0.05) is 20.8 Å². The summed E-state index contributed by atoms with van der Waals surface area (Å²) in [5.74, 6) is 0.806. The Morgan fingerprint density at radius 1 is 1.04 bits per heavy atom. The Labute approximate surface area is 143 Å². The van der Waals surface area contributed by atoms with Crippen molar-refractivity contribution in [3.8, 4) is 11.5 Å². The molecule has 1 heterocycles. The van der Waals surface area contributed by atoms with Gasteiger partial charge in [-0.15, -0.1) is 0 Å². The maximum atomic E-state index is 12.4. The molecule has 24 heavy (non-hydrogen) atoms. The molecule has 0 atom stereocenters. The second kappa shape index (κ2) is 10.3. The number of esters is 1. The summed E-state index contributed by atoms with van der Waals surface area (Å²) in [5.41, 5.74) is 0. The lowest BCUT2D eigenvalue weighted by Gasteiger charge is -2.30. The van der Waals surface area contributed by atoms with E-state index in [4.69, 9.17) is 18.9 Å². The lowest BCUT2D eigenvalue weighted by molar-refractivity contribution is -0.140. The van der Waals surface area contributed by atoms with E-state index in [0.29, 0.717) is 24.7 Å². The molecule has 1 saturated heterocycles. The van der Waals surface area contributed by atoms with Crippen LogP contribution in [0.4, 0.5) is 0 Å². The number of para-hydroxylation sites is 2. The van der Waals surface area contributed by atoms with E-state index in [9.17, 15) is 4.79 Å². The Balaban J connectivity index is 1.84. The van der Waals surface area contributed by atoms with E-state index >= 15 is 0 Å². The molecule has 1 aromatic rings. The SMILES string of the molecule is COCCOc1ccccc1OC(=O)C1CCN(CCOC)CC1. The van der Waals surface area contributed by atoms with Crippen LogP contribution in [0, 0.1) is 5.92 Å². The van der Waals surface area contributed by atoms with Crippen LogP contribution >= 0.6 is 0 Å². The third-order valence-electron chi connectivity index (χ3n) is 4.14. The van der Waals surface area contributed by atoms with Crippen molar-refractivity contribution in [3.05, 3.63) is 24.3 Å². The number of likely N-dealkylation sites (tertiary alicyclic amines) is 1. The summed E-state index contributed by atoms with van der Waals surface area (Å²) < 4.78 is 21.3. The van der Waals surface area contributed by atoms with Gasteiger partial charge >= 0.3 is 5.97 Å². The van der Waals surface area contributed by atoms with Gasteiger partial charge in [-0.25, -0.2) is 0 Å². The average Bonchev–Trinajstić information content (AvgIpc) is 2.62. The Kier molecular flexibility index (Phi) is 8.01. The molecule has 0 aliphatic carbocycles. The molecule has 134 valence electrons. The summed E-state index contributed by atoms with van der Waals surface area (Å²) in [6.07, 6.45) is 1.63. The quantitative estimate of drug-likeness (QED) is 0.390. The smallest absolute Gasteiger partial charge is 0.314 e. The summed E-state index contributed by atoms with van der Waals surface area (Å²) in [4.78, 5) is 14.7. The first-order chi connectivity index (χ1) is 11.7. The monoisotopic (exact) mass is 337 g/mol. The first-order valence-corrected chi connectivity index (χ1v) is 8.38. The third kappa shape index (κ3) is 5.78. The molecule has 0 saturated carbocycles. The normalized spacial score (nSPS) is 16.1. The van der Waals surface area contributed by atoms with Crippen LogP contribution in [0.25, 0.3) is 0 Å². The van der Waals surface area contributed by atoms with Crippen LogP contribution in [0.1, 0.15) is 12.8 Å². The topological polar surface area (TPSA) is 57.2 Å². The minimum atomic E-state index is -0.177. The predicted molar refractivity (Wildman–Crippen MR) is 90.5 cm³/mol. The van der Waals surface area contributed by atoms with Crippen LogP contribution in [-0.2, 0) is 14.3 Å². The Hall–Kier alpha value is -1.63. The third-order valence-corrected chi connectivity index (χ3v) is 4.14. The van der Waals surface area contributed by atoms with Crippen LogP contribution in [-0.4, -0.2) is 64.5 Å². The van der Waals surface area contributed by atoms with Crippen LogP contribution in [0.2, 0.25) is 0 Å². The van der Waals surface area contributed by atoms with Crippen LogP contribution < -0.4 is 9.47 Å². The van der Waals surface area contributed by atoms with E-state index in [1.807, 2.05) is 12.1 Å². The van der Waals surface area contributed by atoms with Gasteiger partial charge in [0.05, 0.1) is 19.1 Å². The number of hydrogen-bond acceptors (Lipinski definition) is 6. The largest absolute Gasteiger partial charge is 0.487 e. The molecule has 0 spiro atoms. The van der Waals surface area contributed by atoms with Gasteiger partial charge in [-0.3, -0.25) is 4.79 Å². The molecule has 6 heteroatoms. The van der Waals surface area contributed by atoms with Gasteiger partial charge in [-0.2, -0.15) is 0 Å². The predicted octanol–water partition coefficient (Wildman–Crippen LogP) is 1.98. The van der Waals surface area contributed by atoms with Crippen molar-refractivity contribution >= 4 is 5.97 Å². The van der Waals surface area contributed by atoms with Gasteiger partial charge in [-0.05, 0) is 38.1 Å². The average molecular weight is 337 g/mol.